The van der Waals surface area contributed by atoms with Crippen molar-refractivity contribution in [1.29, 1.82) is 0 Å². The largest absolute Gasteiger partial charge is 0.349 e. The summed E-state index contributed by atoms with van der Waals surface area (Å²) in [6.07, 6.45) is 9.88. The number of rotatable bonds is 8. The summed E-state index contributed by atoms with van der Waals surface area (Å²) in [7, 11) is 0. The van der Waals surface area contributed by atoms with Crippen LogP contribution in [-0.2, 0) is 0 Å². The van der Waals surface area contributed by atoms with Crippen LogP contribution in [0.15, 0.2) is 109 Å². The number of carbonyl (C=O) groups excluding carboxylic acids is 2. The van der Waals surface area contributed by atoms with Crippen molar-refractivity contribution in [3.63, 3.8) is 0 Å². The highest BCUT2D eigenvalue weighted by Gasteiger charge is 2.29. The van der Waals surface area contributed by atoms with Gasteiger partial charge in [0, 0.05) is 34.0 Å². The molecule has 0 radical (unpaired) electrons. The minimum absolute atomic E-state index is 0.00748. The molecule has 6 aromatic rings. The van der Waals surface area contributed by atoms with Crippen LogP contribution in [0.25, 0.3) is 44.3 Å². The maximum absolute atomic E-state index is 13.7. The molecule has 0 unspecified atom stereocenters. The van der Waals surface area contributed by atoms with Gasteiger partial charge in [-0.2, -0.15) is 0 Å². The summed E-state index contributed by atoms with van der Waals surface area (Å²) in [6, 6.07) is 36.8. The van der Waals surface area contributed by atoms with Crippen LogP contribution in [0.2, 0.25) is 0 Å². The van der Waals surface area contributed by atoms with E-state index in [0.29, 0.717) is 23.0 Å². The van der Waals surface area contributed by atoms with Crippen LogP contribution in [0.5, 0.6) is 0 Å². The van der Waals surface area contributed by atoms with Gasteiger partial charge in [0.15, 0.2) is 0 Å². The lowest BCUT2D eigenvalue weighted by molar-refractivity contribution is 0.0919. The molecule has 0 aliphatic heterocycles. The first-order valence-electron chi connectivity index (χ1n) is 19.4. The standard InChI is InChI=1S/C47H48N4O2/c1-30-11-19-34(20-12-30)44-28-40(38-7-3-5-9-42(38)50-44)46(52)48-36-23-15-32(16-24-36)27-33-17-25-37(26-18-33)49-47(53)41-29-45(35-21-13-31(2)14-22-35)51-43-10-6-4-8-39(41)43/h3-14,19-22,28-29,32-33,36-37H,15-18,23-27H2,1-2H3,(H,48,52)(H,49,53). The third kappa shape index (κ3) is 7.87. The quantitative estimate of drug-likeness (QED) is 0.166. The molecule has 2 aliphatic carbocycles. The number of amides is 2. The van der Waals surface area contributed by atoms with Crippen LogP contribution in [0, 0.1) is 25.7 Å². The molecule has 53 heavy (non-hydrogen) atoms. The zero-order valence-electron chi connectivity index (χ0n) is 30.8. The first-order chi connectivity index (χ1) is 25.9. The van der Waals surface area contributed by atoms with Crippen molar-refractivity contribution in [2.75, 3.05) is 0 Å². The third-order valence-corrected chi connectivity index (χ3v) is 11.6. The van der Waals surface area contributed by atoms with E-state index in [1.807, 2.05) is 60.7 Å². The molecule has 0 atom stereocenters. The van der Waals surface area contributed by atoms with Gasteiger partial charge in [-0.05, 0) is 108 Å². The molecule has 2 N–H and O–H groups in total. The minimum Gasteiger partial charge on any atom is -0.349 e. The van der Waals surface area contributed by atoms with Gasteiger partial charge < -0.3 is 10.6 Å². The highest BCUT2D eigenvalue weighted by atomic mass is 16.2. The predicted molar refractivity (Wildman–Crippen MR) is 215 cm³/mol. The van der Waals surface area contributed by atoms with Gasteiger partial charge >= 0.3 is 0 Å². The van der Waals surface area contributed by atoms with Crippen LogP contribution in [0.1, 0.15) is 89.6 Å². The number of carbonyl (C=O) groups is 2. The number of nitrogens with zero attached hydrogens (tertiary/aromatic N) is 2. The fraction of sp³-hybridized carbons (Fsp3) is 0.319. The van der Waals surface area contributed by atoms with E-state index in [0.717, 1.165) is 95.7 Å². The predicted octanol–water partition coefficient (Wildman–Crippen LogP) is 10.4. The molecule has 4 aromatic carbocycles. The SMILES string of the molecule is Cc1ccc(-c2cc(C(=O)NC3CCC(CC4CCC(NC(=O)c5cc(-c6ccc(C)cc6)nc6ccccc56)CC4)CC3)c3ccccc3n2)cc1. The van der Waals surface area contributed by atoms with E-state index in [1.54, 1.807) is 0 Å². The molecule has 2 fully saturated rings. The number of hydrogen-bond donors (Lipinski definition) is 2. The number of aromatic nitrogens is 2. The average Bonchev–Trinajstić information content (AvgIpc) is 3.19. The lowest BCUT2D eigenvalue weighted by atomic mass is 9.75. The molecular formula is C47H48N4O2. The van der Waals surface area contributed by atoms with Crippen LogP contribution in [0.4, 0.5) is 0 Å². The van der Waals surface area contributed by atoms with Gasteiger partial charge in [-0.3, -0.25) is 9.59 Å². The van der Waals surface area contributed by atoms with Crippen molar-refractivity contribution in [1.82, 2.24) is 20.6 Å². The Labute approximate surface area is 312 Å². The normalized spacial score (nSPS) is 20.3. The van der Waals surface area contributed by atoms with E-state index in [2.05, 4.69) is 73.0 Å². The highest BCUT2D eigenvalue weighted by Crippen LogP contribution is 2.36. The smallest absolute Gasteiger partial charge is 0.252 e. The summed E-state index contributed by atoms with van der Waals surface area (Å²) in [6.45, 7) is 4.15. The Balaban J connectivity index is 0.841. The van der Waals surface area contributed by atoms with E-state index in [9.17, 15) is 9.59 Å². The Morgan fingerprint density at radius 1 is 0.528 bits per heavy atom. The molecule has 2 saturated carbocycles. The van der Waals surface area contributed by atoms with Crippen molar-refractivity contribution in [2.45, 2.75) is 83.7 Å². The van der Waals surface area contributed by atoms with E-state index in [-0.39, 0.29) is 23.9 Å². The molecule has 2 aliphatic rings. The molecule has 268 valence electrons. The fourth-order valence-electron chi connectivity index (χ4n) is 8.55. The molecule has 8 rings (SSSR count). The Bertz CT molecular complexity index is 2090. The Morgan fingerprint density at radius 2 is 0.906 bits per heavy atom. The fourth-order valence-corrected chi connectivity index (χ4v) is 8.55. The lowest BCUT2D eigenvalue weighted by Crippen LogP contribution is -2.39. The van der Waals surface area contributed by atoms with Gasteiger partial charge in [-0.1, -0.05) is 96.1 Å². The van der Waals surface area contributed by atoms with E-state index in [1.165, 1.54) is 17.5 Å². The van der Waals surface area contributed by atoms with E-state index < -0.39 is 0 Å². The molecule has 2 amide bonds. The second-order valence-electron chi connectivity index (χ2n) is 15.5. The maximum Gasteiger partial charge on any atom is 0.252 e. The number of aryl methyl sites for hydroxylation is 2. The number of benzene rings is 4. The first-order valence-corrected chi connectivity index (χ1v) is 19.4. The number of nitrogens with one attached hydrogen (secondary N) is 2. The Kier molecular flexibility index (Phi) is 10.0. The van der Waals surface area contributed by atoms with Crippen molar-refractivity contribution in [3.05, 3.63) is 131 Å². The maximum atomic E-state index is 13.7. The number of para-hydroxylation sites is 2. The molecule has 2 heterocycles. The first kappa shape index (κ1) is 34.7. The van der Waals surface area contributed by atoms with Gasteiger partial charge in [0.05, 0.1) is 33.5 Å². The van der Waals surface area contributed by atoms with E-state index >= 15 is 0 Å². The minimum atomic E-state index is -0.00748. The van der Waals surface area contributed by atoms with Crippen molar-refractivity contribution >= 4 is 33.6 Å². The zero-order chi connectivity index (χ0) is 36.3. The number of hydrogen-bond acceptors (Lipinski definition) is 4. The average molecular weight is 701 g/mol. The summed E-state index contributed by atoms with van der Waals surface area (Å²) < 4.78 is 0. The van der Waals surface area contributed by atoms with Gasteiger partial charge in [-0.15, -0.1) is 0 Å². The second kappa shape index (κ2) is 15.3. The van der Waals surface area contributed by atoms with Gasteiger partial charge in [0.25, 0.3) is 11.8 Å². The Hall–Kier alpha value is -5.36. The zero-order valence-corrected chi connectivity index (χ0v) is 30.8. The summed E-state index contributed by atoms with van der Waals surface area (Å²) in [5.74, 6) is 1.37. The number of pyridine rings is 2. The molecule has 6 nitrogen and oxygen atoms in total. The molecule has 6 heteroatoms. The van der Waals surface area contributed by atoms with Crippen molar-refractivity contribution in [2.24, 2.45) is 11.8 Å². The van der Waals surface area contributed by atoms with Gasteiger partial charge in [0.2, 0.25) is 0 Å². The summed E-state index contributed by atoms with van der Waals surface area (Å²) in [4.78, 5) is 37.3. The monoisotopic (exact) mass is 700 g/mol. The molecule has 2 aromatic heterocycles. The Morgan fingerprint density at radius 3 is 1.30 bits per heavy atom. The third-order valence-electron chi connectivity index (χ3n) is 11.6. The van der Waals surface area contributed by atoms with Crippen LogP contribution < -0.4 is 10.6 Å². The lowest BCUT2D eigenvalue weighted by Gasteiger charge is -2.34. The summed E-state index contributed by atoms with van der Waals surface area (Å²) in [5, 5.41) is 8.57. The molecule has 0 spiro atoms. The second-order valence-corrected chi connectivity index (χ2v) is 15.5. The van der Waals surface area contributed by atoms with Gasteiger partial charge in [0.1, 0.15) is 0 Å². The summed E-state index contributed by atoms with van der Waals surface area (Å²) >= 11 is 0. The molecular weight excluding hydrogens is 653 g/mol. The topological polar surface area (TPSA) is 84.0 Å². The van der Waals surface area contributed by atoms with Crippen LogP contribution >= 0.6 is 0 Å². The van der Waals surface area contributed by atoms with Gasteiger partial charge in [-0.25, -0.2) is 9.97 Å². The van der Waals surface area contributed by atoms with Crippen LogP contribution in [0.3, 0.4) is 0 Å². The van der Waals surface area contributed by atoms with Crippen molar-refractivity contribution in [3.8, 4) is 22.5 Å². The van der Waals surface area contributed by atoms with Crippen LogP contribution in [-0.4, -0.2) is 33.9 Å². The molecule has 0 bridgehead atoms. The highest BCUT2D eigenvalue weighted by molar-refractivity contribution is 6.08. The number of fused-ring (bicyclic) bond motifs is 2. The van der Waals surface area contributed by atoms with Crippen molar-refractivity contribution < 1.29 is 9.59 Å². The summed E-state index contributed by atoms with van der Waals surface area (Å²) in [5.41, 5.74) is 9.14. The molecule has 0 saturated heterocycles. The van der Waals surface area contributed by atoms with E-state index in [4.69, 9.17) is 9.97 Å².